The van der Waals surface area contributed by atoms with E-state index in [1.54, 1.807) is 30.3 Å². The first-order valence-electron chi connectivity index (χ1n) is 9.59. The van der Waals surface area contributed by atoms with Crippen molar-refractivity contribution >= 4 is 5.91 Å². The van der Waals surface area contributed by atoms with E-state index in [4.69, 9.17) is 0 Å². The first kappa shape index (κ1) is 19.8. The molecule has 1 aromatic heterocycles. The van der Waals surface area contributed by atoms with Crippen LogP contribution in [0.5, 0.6) is 0 Å². The molecular formula is C21H21F4N3O. The van der Waals surface area contributed by atoms with Crippen LogP contribution in [0.15, 0.2) is 42.5 Å². The Balaban J connectivity index is 1.58. The minimum atomic E-state index is -2.75. The first-order valence-corrected chi connectivity index (χ1v) is 9.59. The Morgan fingerprint density at radius 2 is 1.90 bits per heavy atom. The summed E-state index contributed by atoms with van der Waals surface area (Å²) >= 11 is 0. The fourth-order valence-electron chi connectivity index (χ4n) is 3.91. The highest BCUT2D eigenvalue weighted by molar-refractivity contribution is 5.83. The fourth-order valence-corrected chi connectivity index (χ4v) is 3.91. The number of nitrogens with zero attached hydrogens (tertiary/aromatic N) is 1. The van der Waals surface area contributed by atoms with Gasteiger partial charge in [0, 0.05) is 31.4 Å². The maximum absolute atomic E-state index is 14.6. The fraction of sp³-hybridized carbons (Fsp3) is 0.429. The van der Waals surface area contributed by atoms with E-state index in [2.05, 4.69) is 15.6 Å². The first-order chi connectivity index (χ1) is 13.8. The molecule has 1 aromatic carbocycles. The van der Waals surface area contributed by atoms with Crippen molar-refractivity contribution in [3.05, 3.63) is 65.2 Å². The van der Waals surface area contributed by atoms with Gasteiger partial charge in [-0.25, -0.2) is 18.2 Å². The van der Waals surface area contributed by atoms with E-state index < -0.39 is 42.0 Å². The zero-order chi connectivity index (χ0) is 20.6. The van der Waals surface area contributed by atoms with Crippen LogP contribution in [-0.4, -0.2) is 35.6 Å². The molecule has 2 aromatic rings. The third-order valence-corrected chi connectivity index (χ3v) is 5.54. The molecule has 0 bridgehead atoms. The molecule has 1 saturated heterocycles. The molecule has 154 valence electrons. The van der Waals surface area contributed by atoms with Gasteiger partial charge in [-0.2, -0.15) is 4.39 Å². The van der Waals surface area contributed by atoms with Crippen LogP contribution in [0.3, 0.4) is 0 Å². The minimum Gasteiger partial charge on any atom is -0.342 e. The third-order valence-electron chi connectivity index (χ3n) is 5.54. The van der Waals surface area contributed by atoms with Gasteiger partial charge >= 0.3 is 0 Å². The molecule has 1 amide bonds. The normalized spacial score (nSPS) is 24.7. The summed E-state index contributed by atoms with van der Waals surface area (Å²) in [5.41, 5.74) is 1.10. The molecule has 4 rings (SSSR count). The molecule has 2 fully saturated rings. The van der Waals surface area contributed by atoms with Crippen LogP contribution in [0.1, 0.15) is 48.0 Å². The topological polar surface area (TPSA) is 54.0 Å². The van der Waals surface area contributed by atoms with Gasteiger partial charge in [0.15, 0.2) is 0 Å². The number of aromatic nitrogens is 1. The monoisotopic (exact) mass is 407 g/mol. The summed E-state index contributed by atoms with van der Waals surface area (Å²) in [6, 6.07) is 10.5. The summed E-state index contributed by atoms with van der Waals surface area (Å²) in [5, 5.41) is 5.63. The molecule has 8 heteroatoms. The SMILES string of the molecule is O=C(NC(c1ccccc1)c1ccc(C2CC(F)(F)C2)c(F)n1)C1CC(F)CN1. The lowest BCUT2D eigenvalue weighted by molar-refractivity contribution is -0.123. The number of pyridine rings is 1. The maximum atomic E-state index is 14.6. The number of carbonyl (C=O) groups is 1. The Morgan fingerprint density at radius 1 is 1.17 bits per heavy atom. The van der Waals surface area contributed by atoms with Crippen LogP contribution in [0.25, 0.3) is 0 Å². The van der Waals surface area contributed by atoms with Gasteiger partial charge in [0.2, 0.25) is 17.8 Å². The highest BCUT2D eigenvalue weighted by atomic mass is 19.3. The standard InChI is InChI=1S/C21H21F4N3O/c22-14-8-17(26-11-14)20(29)28-18(12-4-2-1-3-5-12)16-7-6-15(19(23)27-16)13-9-21(24,25)10-13/h1-7,13-14,17-18,26H,8-11H2,(H,28,29). The molecule has 1 aliphatic heterocycles. The van der Waals surface area contributed by atoms with Gasteiger partial charge in [-0.15, -0.1) is 0 Å². The van der Waals surface area contributed by atoms with Crippen LogP contribution in [0.4, 0.5) is 17.6 Å². The lowest BCUT2D eigenvalue weighted by atomic mass is 9.77. The highest BCUT2D eigenvalue weighted by Gasteiger charge is 2.47. The van der Waals surface area contributed by atoms with Crippen LogP contribution in [-0.2, 0) is 4.79 Å². The number of hydrogen-bond acceptors (Lipinski definition) is 3. The number of nitrogens with one attached hydrogen (secondary N) is 2. The van der Waals surface area contributed by atoms with Gasteiger partial charge in [0.05, 0.1) is 17.8 Å². The molecule has 4 nitrogen and oxygen atoms in total. The van der Waals surface area contributed by atoms with Gasteiger partial charge in [-0.1, -0.05) is 36.4 Å². The summed E-state index contributed by atoms with van der Waals surface area (Å²) in [7, 11) is 0. The molecular weight excluding hydrogens is 386 g/mol. The average Bonchev–Trinajstić information content (AvgIpc) is 3.11. The zero-order valence-electron chi connectivity index (χ0n) is 15.5. The van der Waals surface area contributed by atoms with Crippen molar-refractivity contribution in [3.8, 4) is 0 Å². The van der Waals surface area contributed by atoms with Crippen LogP contribution < -0.4 is 10.6 Å². The number of amides is 1. The van der Waals surface area contributed by atoms with Crippen molar-refractivity contribution in [1.82, 2.24) is 15.6 Å². The summed E-state index contributed by atoms with van der Waals surface area (Å²) in [6.45, 7) is 0.113. The number of benzene rings is 1. The number of alkyl halides is 3. The Kier molecular flexibility index (Phi) is 5.29. The molecule has 0 radical (unpaired) electrons. The summed E-state index contributed by atoms with van der Waals surface area (Å²) in [6.07, 6.45) is -1.79. The van der Waals surface area contributed by atoms with Crippen molar-refractivity contribution in [3.63, 3.8) is 0 Å². The van der Waals surface area contributed by atoms with Gasteiger partial charge in [0.1, 0.15) is 6.17 Å². The van der Waals surface area contributed by atoms with E-state index in [9.17, 15) is 22.4 Å². The van der Waals surface area contributed by atoms with Gasteiger partial charge in [-0.05, 0) is 17.5 Å². The summed E-state index contributed by atoms with van der Waals surface area (Å²) < 4.78 is 54.3. The quantitative estimate of drug-likeness (QED) is 0.588. The van der Waals surface area contributed by atoms with E-state index >= 15 is 0 Å². The Morgan fingerprint density at radius 3 is 2.48 bits per heavy atom. The molecule has 2 heterocycles. The van der Waals surface area contributed by atoms with E-state index in [1.807, 2.05) is 6.07 Å². The molecule has 1 aliphatic carbocycles. The van der Waals surface area contributed by atoms with E-state index in [1.165, 1.54) is 6.07 Å². The maximum Gasteiger partial charge on any atom is 0.249 e. The van der Waals surface area contributed by atoms with Gasteiger partial charge in [-0.3, -0.25) is 4.79 Å². The second-order valence-electron chi connectivity index (χ2n) is 7.72. The van der Waals surface area contributed by atoms with Crippen molar-refractivity contribution in [2.75, 3.05) is 6.54 Å². The van der Waals surface area contributed by atoms with Crippen LogP contribution in [0, 0.1) is 5.95 Å². The van der Waals surface area contributed by atoms with E-state index in [0.29, 0.717) is 5.56 Å². The lowest BCUT2D eigenvalue weighted by Crippen LogP contribution is -2.42. The van der Waals surface area contributed by atoms with Crippen molar-refractivity contribution < 1.29 is 22.4 Å². The molecule has 1 saturated carbocycles. The Bertz CT molecular complexity index is 885. The Hall–Kier alpha value is -2.48. The summed E-state index contributed by atoms with van der Waals surface area (Å²) in [5.74, 6) is -4.51. The number of rotatable bonds is 5. The zero-order valence-corrected chi connectivity index (χ0v) is 15.5. The van der Waals surface area contributed by atoms with E-state index in [0.717, 1.165) is 0 Å². The minimum absolute atomic E-state index is 0.0734. The van der Waals surface area contributed by atoms with Gasteiger partial charge in [0.25, 0.3) is 0 Å². The molecule has 2 aliphatic rings. The smallest absolute Gasteiger partial charge is 0.249 e. The molecule has 3 atom stereocenters. The number of halogens is 4. The molecule has 3 unspecified atom stereocenters. The van der Waals surface area contributed by atoms with Crippen LogP contribution >= 0.6 is 0 Å². The Labute approximate surface area is 165 Å². The van der Waals surface area contributed by atoms with Crippen molar-refractivity contribution in [2.45, 2.75) is 49.4 Å². The largest absolute Gasteiger partial charge is 0.342 e. The second kappa shape index (κ2) is 7.74. The molecule has 29 heavy (non-hydrogen) atoms. The van der Waals surface area contributed by atoms with Crippen LogP contribution in [0.2, 0.25) is 0 Å². The van der Waals surface area contributed by atoms with Crippen molar-refractivity contribution in [1.29, 1.82) is 0 Å². The average molecular weight is 407 g/mol. The highest BCUT2D eigenvalue weighted by Crippen LogP contribution is 2.48. The molecule has 2 N–H and O–H groups in total. The second-order valence-corrected chi connectivity index (χ2v) is 7.72. The van der Waals surface area contributed by atoms with E-state index in [-0.39, 0.29) is 37.1 Å². The lowest BCUT2D eigenvalue weighted by Gasteiger charge is -2.35. The molecule has 0 spiro atoms. The van der Waals surface area contributed by atoms with Gasteiger partial charge < -0.3 is 10.6 Å². The predicted molar refractivity (Wildman–Crippen MR) is 98.8 cm³/mol. The third kappa shape index (κ3) is 4.27. The van der Waals surface area contributed by atoms with Crippen molar-refractivity contribution in [2.24, 2.45) is 0 Å². The number of carbonyl (C=O) groups excluding carboxylic acids is 1. The summed E-state index contributed by atoms with van der Waals surface area (Å²) in [4.78, 5) is 16.6. The predicted octanol–water partition coefficient (Wildman–Crippen LogP) is 3.64. The number of hydrogen-bond donors (Lipinski definition) is 2.